The molecule has 1 aliphatic rings. The van der Waals surface area contributed by atoms with E-state index < -0.39 is 11.7 Å². The minimum atomic E-state index is -4.32. The van der Waals surface area contributed by atoms with Crippen molar-refractivity contribution in [3.05, 3.63) is 41.6 Å². The van der Waals surface area contributed by atoms with E-state index in [1.165, 1.54) is 6.07 Å². The summed E-state index contributed by atoms with van der Waals surface area (Å²) in [6.07, 6.45) is -1.10. The van der Waals surface area contributed by atoms with E-state index in [2.05, 4.69) is 5.32 Å². The largest absolute Gasteiger partial charge is 0.416 e. The predicted octanol–water partition coefficient (Wildman–Crippen LogP) is 3.92. The van der Waals surface area contributed by atoms with Crippen LogP contribution in [-0.2, 0) is 6.18 Å². The van der Waals surface area contributed by atoms with Crippen molar-refractivity contribution in [3.8, 4) is 0 Å². The molecule has 0 amide bonds. The van der Waals surface area contributed by atoms with Crippen LogP contribution < -0.4 is 5.32 Å². The van der Waals surface area contributed by atoms with E-state index in [-0.39, 0.29) is 5.38 Å². The van der Waals surface area contributed by atoms with Gasteiger partial charge < -0.3 is 5.32 Å². The number of fused-ring (bicyclic) bond motifs is 1. The maximum Gasteiger partial charge on any atom is 0.416 e. The van der Waals surface area contributed by atoms with Gasteiger partial charge in [0.05, 0.1) is 10.9 Å². The fourth-order valence-corrected chi connectivity index (χ4v) is 1.69. The minimum Gasteiger partial charge on any atom is -0.362 e. The van der Waals surface area contributed by atoms with Crippen molar-refractivity contribution in [2.24, 2.45) is 0 Å². The first-order valence-corrected chi connectivity index (χ1v) is 4.70. The number of rotatable bonds is 0. The Labute approximate surface area is 89.5 Å². The van der Waals surface area contributed by atoms with Crippen LogP contribution in [0, 0.1) is 0 Å². The number of benzene rings is 1. The van der Waals surface area contributed by atoms with E-state index >= 15 is 0 Å². The second-order valence-corrected chi connectivity index (χ2v) is 3.68. The highest BCUT2D eigenvalue weighted by Gasteiger charge is 2.31. The molecule has 0 bridgehead atoms. The third-order valence-electron chi connectivity index (χ3n) is 2.18. The highest BCUT2D eigenvalue weighted by molar-refractivity contribution is 6.22. The molecule has 0 fully saturated rings. The Bertz CT molecular complexity index is 412. The molecule has 5 heteroatoms. The first-order valence-electron chi connectivity index (χ1n) is 4.27. The third-order valence-corrected chi connectivity index (χ3v) is 2.56. The number of allylic oxidation sites excluding steroid dienone is 1. The number of alkyl halides is 4. The van der Waals surface area contributed by atoms with Gasteiger partial charge in [-0.25, -0.2) is 0 Å². The van der Waals surface area contributed by atoms with E-state index in [1.807, 2.05) is 0 Å². The monoisotopic (exact) mass is 233 g/mol. The maximum atomic E-state index is 12.4. The van der Waals surface area contributed by atoms with Gasteiger partial charge in [-0.1, -0.05) is 6.07 Å². The van der Waals surface area contributed by atoms with Crippen LogP contribution in [0.4, 0.5) is 18.9 Å². The lowest BCUT2D eigenvalue weighted by molar-refractivity contribution is -0.137. The molecule has 1 unspecified atom stereocenters. The molecule has 0 saturated heterocycles. The molecule has 0 aromatic heterocycles. The standard InChI is InChI=1S/C10H7ClF3N/c11-8-3-4-15-9-5-6(10(12,13)14)1-2-7(8)9/h1-5,8,15H. The molecule has 0 aliphatic carbocycles. The van der Waals surface area contributed by atoms with Gasteiger partial charge in [-0.05, 0) is 30.0 Å². The molecule has 1 heterocycles. The highest BCUT2D eigenvalue weighted by atomic mass is 35.5. The number of nitrogens with one attached hydrogen (secondary N) is 1. The molecule has 15 heavy (non-hydrogen) atoms. The summed E-state index contributed by atoms with van der Waals surface area (Å²) < 4.78 is 37.1. The summed E-state index contributed by atoms with van der Waals surface area (Å²) in [4.78, 5) is 0. The van der Waals surface area contributed by atoms with Gasteiger partial charge in [-0.15, -0.1) is 11.6 Å². The Morgan fingerprint density at radius 3 is 2.67 bits per heavy atom. The van der Waals surface area contributed by atoms with E-state index in [1.54, 1.807) is 12.3 Å². The van der Waals surface area contributed by atoms with E-state index in [0.29, 0.717) is 11.3 Å². The van der Waals surface area contributed by atoms with Crippen LogP contribution in [0.2, 0.25) is 0 Å². The van der Waals surface area contributed by atoms with Gasteiger partial charge in [0.25, 0.3) is 0 Å². The van der Waals surface area contributed by atoms with Crippen LogP contribution >= 0.6 is 11.6 Å². The average Bonchev–Trinajstić information content (AvgIpc) is 2.16. The van der Waals surface area contributed by atoms with Crippen LogP contribution in [0.15, 0.2) is 30.5 Å². The lowest BCUT2D eigenvalue weighted by atomic mass is 10.0. The number of hydrogen-bond acceptors (Lipinski definition) is 1. The molecule has 1 N–H and O–H groups in total. The Kier molecular flexibility index (Phi) is 2.38. The summed E-state index contributed by atoms with van der Waals surface area (Å²) in [5.41, 5.74) is 0.396. The zero-order chi connectivity index (χ0) is 11.1. The van der Waals surface area contributed by atoms with Gasteiger partial charge in [0.15, 0.2) is 0 Å². The van der Waals surface area contributed by atoms with Crippen LogP contribution in [0.1, 0.15) is 16.5 Å². The van der Waals surface area contributed by atoms with Gasteiger partial charge in [0, 0.05) is 5.69 Å². The Hall–Kier alpha value is -1.16. The van der Waals surface area contributed by atoms with Crippen LogP contribution in [0.25, 0.3) is 0 Å². The fraction of sp³-hybridized carbons (Fsp3) is 0.200. The second-order valence-electron chi connectivity index (χ2n) is 3.21. The quantitative estimate of drug-likeness (QED) is 0.670. The van der Waals surface area contributed by atoms with E-state index in [4.69, 9.17) is 11.6 Å². The van der Waals surface area contributed by atoms with Crippen molar-refractivity contribution in [3.63, 3.8) is 0 Å². The van der Waals surface area contributed by atoms with Gasteiger partial charge in [-0.3, -0.25) is 0 Å². The van der Waals surface area contributed by atoms with Crippen molar-refractivity contribution >= 4 is 17.3 Å². The van der Waals surface area contributed by atoms with Crippen LogP contribution in [0.3, 0.4) is 0 Å². The predicted molar refractivity (Wildman–Crippen MR) is 52.8 cm³/mol. The molecular weight excluding hydrogens is 227 g/mol. The topological polar surface area (TPSA) is 12.0 Å². The molecule has 2 rings (SSSR count). The zero-order valence-electron chi connectivity index (χ0n) is 7.48. The van der Waals surface area contributed by atoms with E-state index in [9.17, 15) is 13.2 Å². The average molecular weight is 234 g/mol. The molecule has 1 atom stereocenters. The summed E-state index contributed by atoms with van der Waals surface area (Å²) in [6, 6.07) is 3.50. The smallest absolute Gasteiger partial charge is 0.362 e. The zero-order valence-corrected chi connectivity index (χ0v) is 8.23. The van der Waals surface area contributed by atoms with Gasteiger partial charge in [-0.2, -0.15) is 13.2 Å². The lowest BCUT2D eigenvalue weighted by Gasteiger charge is -2.18. The first-order chi connectivity index (χ1) is 6.98. The van der Waals surface area contributed by atoms with Crippen LogP contribution in [0.5, 0.6) is 0 Å². The molecule has 0 saturated carbocycles. The minimum absolute atomic E-state index is 0.372. The summed E-state index contributed by atoms with van der Waals surface area (Å²) in [6.45, 7) is 0. The summed E-state index contributed by atoms with van der Waals surface area (Å²) >= 11 is 5.91. The lowest BCUT2D eigenvalue weighted by Crippen LogP contribution is -2.08. The first kappa shape index (κ1) is 10.4. The Morgan fingerprint density at radius 1 is 1.27 bits per heavy atom. The van der Waals surface area contributed by atoms with Crippen molar-refractivity contribution in [1.82, 2.24) is 0 Å². The van der Waals surface area contributed by atoms with E-state index in [0.717, 1.165) is 12.1 Å². The fourth-order valence-electron chi connectivity index (χ4n) is 1.42. The number of halogens is 4. The van der Waals surface area contributed by atoms with Crippen molar-refractivity contribution in [2.45, 2.75) is 11.6 Å². The molecule has 1 aliphatic heterocycles. The van der Waals surface area contributed by atoms with Gasteiger partial charge >= 0.3 is 6.18 Å². The molecule has 1 aromatic rings. The normalized spacial score (nSPS) is 19.6. The molecule has 80 valence electrons. The summed E-state index contributed by atoms with van der Waals surface area (Å²) in [5, 5.41) is 2.37. The molecule has 0 spiro atoms. The van der Waals surface area contributed by atoms with Gasteiger partial charge in [0.2, 0.25) is 0 Å². The van der Waals surface area contributed by atoms with Crippen molar-refractivity contribution < 1.29 is 13.2 Å². The Balaban J connectivity index is 2.45. The summed E-state index contributed by atoms with van der Waals surface area (Å²) in [5.74, 6) is 0. The van der Waals surface area contributed by atoms with Gasteiger partial charge in [0.1, 0.15) is 0 Å². The molecule has 0 radical (unpaired) electrons. The molecular formula is C10H7ClF3N. The Morgan fingerprint density at radius 2 is 2.00 bits per heavy atom. The maximum absolute atomic E-state index is 12.4. The van der Waals surface area contributed by atoms with Crippen molar-refractivity contribution in [1.29, 1.82) is 0 Å². The third kappa shape index (κ3) is 1.95. The molecule has 1 aromatic carbocycles. The second kappa shape index (κ2) is 3.45. The molecule has 1 nitrogen and oxygen atoms in total. The number of hydrogen-bond donors (Lipinski definition) is 1. The highest BCUT2D eigenvalue weighted by Crippen LogP contribution is 2.37. The SMILES string of the molecule is FC(F)(F)c1ccc2c(c1)NC=CC2Cl. The van der Waals surface area contributed by atoms with Crippen LogP contribution in [-0.4, -0.2) is 0 Å². The van der Waals surface area contributed by atoms with Crippen molar-refractivity contribution in [2.75, 3.05) is 5.32 Å². The number of anilines is 1. The summed E-state index contributed by atoms with van der Waals surface area (Å²) in [7, 11) is 0.